The van der Waals surface area contributed by atoms with Crippen LogP contribution in [0.2, 0.25) is 0 Å². The second-order valence-corrected chi connectivity index (χ2v) is 2.49. The Balaban J connectivity index is 0. The Hall–Kier alpha value is -1.10. The lowest BCUT2D eigenvalue weighted by atomic mass is 10.5. The molecule has 0 radical (unpaired) electrons. The van der Waals surface area contributed by atoms with Gasteiger partial charge in [0.15, 0.2) is 6.79 Å². The van der Waals surface area contributed by atoms with Crippen molar-refractivity contribution < 1.29 is 24.2 Å². The van der Waals surface area contributed by atoms with E-state index in [1.807, 2.05) is 13.8 Å². The number of carbonyl (C=O) groups is 2. The van der Waals surface area contributed by atoms with Gasteiger partial charge in [-0.1, -0.05) is 0 Å². The van der Waals surface area contributed by atoms with E-state index < -0.39 is 5.97 Å². The molecule has 0 bridgehead atoms. The Bertz CT molecular complexity index is 149. The third-order valence-electron chi connectivity index (χ3n) is 0.664. The lowest BCUT2D eigenvalue weighted by Crippen LogP contribution is -2.09. The molecule has 0 unspecified atom stereocenters. The fourth-order valence-electron chi connectivity index (χ4n) is 0.253. The van der Waals surface area contributed by atoms with E-state index in [1.165, 1.54) is 6.92 Å². The first-order valence-corrected chi connectivity index (χ1v) is 3.80. The van der Waals surface area contributed by atoms with Crippen molar-refractivity contribution in [3.8, 4) is 0 Å². The van der Waals surface area contributed by atoms with Crippen LogP contribution in [0.1, 0.15) is 27.7 Å². The van der Waals surface area contributed by atoms with Gasteiger partial charge in [-0.05, 0) is 13.8 Å². The van der Waals surface area contributed by atoms with Gasteiger partial charge >= 0.3 is 5.97 Å². The molecule has 0 aromatic carbocycles. The molecule has 13 heavy (non-hydrogen) atoms. The number of esters is 1. The number of ether oxygens (including phenoxy) is 2. The van der Waals surface area contributed by atoms with Gasteiger partial charge in [0.2, 0.25) is 0 Å². The molecule has 1 N–H and O–H groups in total. The zero-order valence-corrected chi connectivity index (χ0v) is 8.36. The summed E-state index contributed by atoms with van der Waals surface area (Å²) < 4.78 is 9.40. The molecule has 0 atom stereocenters. The topological polar surface area (TPSA) is 72.8 Å². The Labute approximate surface area is 77.6 Å². The molecule has 0 aliphatic rings. The second-order valence-electron chi connectivity index (χ2n) is 2.49. The summed E-state index contributed by atoms with van der Waals surface area (Å²) in [5.74, 6) is -1.14. The van der Waals surface area contributed by atoms with Gasteiger partial charge in [0.1, 0.15) is 0 Å². The Morgan fingerprint density at radius 1 is 1.31 bits per heavy atom. The number of aliphatic carboxylic acids is 1. The fourth-order valence-corrected chi connectivity index (χ4v) is 0.253. The first-order chi connectivity index (χ1) is 5.86. The molecule has 0 amide bonds. The van der Waals surface area contributed by atoms with Crippen molar-refractivity contribution in [1.82, 2.24) is 0 Å². The van der Waals surface area contributed by atoms with Crippen molar-refractivity contribution in [3.05, 3.63) is 0 Å². The van der Waals surface area contributed by atoms with E-state index in [0.717, 1.165) is 6.92 Å². The number of carboxylic acids is 1. The maximum atomic E-state index is 10.1. The van der Waals surface area contributed by atoms with Crippen LogP contribution in [0.4, 0.5) is 0 Å². The summed E-state index contributed by atoms with van der Waals surface area (Å²) in [6.07, 6.45) is 0.115. The highest BCUT2D eigenvalue weighted by Gasteiger charge is 1.93. The minimum absolute atomic E-state index is 0.0625. The van der Waals surface area contributed by atoms with E-state index >= 15 is 0 Å². The molecule has 5 nitrogen and oxygen atoms in total. The Morgan fingerprint density at radius 3 is 1.92 bits per heavy atom. The number of carbonyl (C=O) groups excluding carboxylic acids is 1. The highest BCUT2D eigenvalue weighted by atomic mass is 16.7. The van der Waals surface area contributed by atoms with Crippen molar-refractivity contribution in [2.75, 3.05) is 6.79 Å². The van der Waals surface area contributed by atoms with Crippen molar-refractivity contribution >= 4 is 11.9 Å². The van der Waals surface area contributed by atoms with Crippen molar-refractivity contribution in [3.63, 3.8) is 0 Å². The molecule has 0 spiro atoms. The Kier molecular flexibility index (Phi) is 9.98. The lowest BCUT2D eigenvalue weighted by molar-refractivity contribution is -0.156. The maximum absolute atomic E-state index is 10.1. The van der Waals surface area contributed by atoms with Crippen LogP contribution in [-0.4, -0.2) is 29.9 Å². The van der Waals surface area contributed by atoms with Crippen LogP contribution >= 0.6 is 0 Å². The molecule has 0 rings (SSSR count). The standard InChI is InChI=1S/C6H12O3.C2H4O2/c1-5(2)8-4-9-6(3)7;1-2(3)4/h5H,4H2,1-3H3;1H3,(H,3,4). The number of hydrogen-bond donors (Lipinski definition) is 1. The summed E-state index contributed by atoms with van der Waals surface area (Å²) in [6.45, 7) is 6.25. The number of rotatable bonds is 3. The monoisotopic (exact) mass is 192 g/mol. The van der Waals surface area contributed by atoms with Crippen LogP contribution in [0.25, 0.3) is 0 Å². The summed E-state index contributed by atoms with van der Waals surface area (Å²) in [4.78, 5) is 19.1. The normalized spacial score (nSPS) is 8.69. The van der Waals surface area contributed by atoms with E-state index in [-0.39, 0.29) is 18.9 Å². The average molecular weight is 192 g/mol. The lowest BCUT2D eigenvalue weighted by Gasteiger charge is -2.05. The molecule has 78 valence electrons. The van der Waals surface area contributed by atoms with Gasteiger partial charge in [0, 0.05) is 13.8 Å². The highest BCUT2D eigenvalue weighted by Crippen LogP contribution is 1.87. The predicted molar refractivity (Wildman–Crippen MR) is 46.2 cm³/mol. The van der Waals surface area contributed by atoms with Crippen molar-refractivity contribution in [1.29, 1.82) is 0 Å². The number of carboxylic acid groups (broad SMARTS) is 1. The van der Waals surface area contributed by atoms with E-state index in [2.05, 4.69) is 4.74 Å². The van der Waals surface area contributed by atoms with E-state index in [9.17, 15) is 4.79 Å². The summed E-state index contributed by atoms with van der Waals surface area (Å²) in [7, 11) is 0. The third-order valence-corrected chi connectivity index (χ3v) is 0.664. The molecule has 0 aliphatic heterocycles. The maximum Gasteiger partial charge on any atom is 0.304 e. The first kappa shape index (κ1) is 14.4. The van der Waals surface area contributed by atoms with Gasteiger partial charge in [0.25, 0.3) is 5.97 Å². The SMILES string of the molecule is CC(=O)O.CC(=O)OCOC(C)C. The van der Waals surface area contributed by atoms with Crippen LogP contribution in [0, 0.1) is 0 Å². The van der Waals surface area contributed by atoms with Crippen molar-refractivity contribution in [2.24, 2.45) is 0 Å². The molecule has 5 heteroatoms. The smallest absolute Gasteiger partial charge is 0.304 e. The summed E-state index contributed by atoms with van der Waals surface area (Å²) in [5, 5.41) is 7.42. The van der Waals surface area contributed by atoms with Gasteiger partial charge in [-0.25, -0.2) is 0 Å². The molecule has 0 aliphatic carbocycles. The minimum Gasteiger partial charge on any atom is -0.481 e. The molecular weight excluding hydrogens is 176 g/mol. The summed E-state index contributed by atoms with van der Waals surface area (Å²) >= 11 is 0. The first-order valence-electron chi connectivity index (χ1n) is 3.80. The van der Waals surface area contributed by atoms with E-state index in [1.54, 1.807) is 0 Å². The summed E-state index contributed by atoms with van der Waals surface area (Å²) in [6, 6.07) is 0. The predicted octanol–water partition coefficient (Wildman–Crippen LogP) is 1.02. The van der Waals surface area contributed by atoms with Gasteiger partial charge in [-0.3, -0.25) is 9.59 Å². The molecule has 0 aromatic heterocycles. The molecule has 0 aromatic rings. The van der Waals surface area contributed by atoms with Gasteiger partial charge in [-0.2, -0.15) is 0 Å². The molecule has 0 fully saturated rings. The summed E-state index contributed by atoms with van der Waals surface area (Å²) in [5.41, 5.74) is 0. The van der Waals surface area contributed by atoms with Gasteiger partial charge in [-0.15, -0.1) is 0 Å². The second kappa shape index (κ2) is 8.99. The van der Waals surface area contributed by atoms with Crippen LogP contribution in [-0.2, 0) is 19.1 Å². The van der Waals surface area contributed by atoms with Crippen LogP contribution in [0.15, 0.2) is 0 Å². The van der Waals surface area contributed by atoms with Crippen LogP contribution in [0.3, 0.4) is 0 Å². The zero-order valence-electron chi connectivity index (χ0n) is 8.36. The van der Waals surface area contributed by atoms with Crippen LogP contribution in [0.5, 0.6) is 0 Å². The number of hydrogen-bond acceptors (Lipinski definition) is 4. The van der Waals surface area contributed by atoms with E-state index in [4.69, 9.17) is 14.6 Å². The van der Waals surface area contributed by atoms with E-state index in [0.29, 0.717) is 0 Å². The Morgan fingerprint density at radius 2 is 1.69 bits per heavy atom. The molecular formula is C8H16O5. The zero-order chi connectivity index (χ0) is 10.9. The largest absolute Gasteiger partial charge is 0.481 e. The molecule has 0 saturated carbocycles. The van der Waals surface area contributed by atoms with Crippen LogP contribution < -0.4 is 0 Å². The quantitative estimate of drug-likeness (QED) is 0.534. The van der Waals surface area contributed by atoms with Crippen molar-refractivity contribution in [2.45, 2.75) is 33.8 Å². The van der Waals surface area contributed by atoms with Gasteiger partial charge in [0.05, 0.1) is 6.10 Å². The molecule has 0 heterocycles. The average Bonchev–Trinajstić information content (AvgIpc) is 1.83. The van der Waals surface area contributed by atoms with Gasteiger partial charge < -0.3 is 14.6 Å². The fraction of sp³-hybridized carbons (Fsp3) is 0.750. The molecule has 0 saturated heterocycles. The highest BCUT2D eigenvalue weighted by molar-refractivity contribution is 5.65. The minimum atomic E-state index is -0.833. The third kappa shape index (κ3) is 36.0.